The van der Waals surface area contributed by atoms with Gasteiger partial charge in [-0.05, 0) is 295 Å². The van der Waals surface area contributed by atoms with Gasteiger partial charge in [0.2, 0.25) is 0 Å². The van der Waals surface area contributed by atoms with Gasteiger partial charge in [0.25, 0.3) is 0 Å². The lowest BCUT2D eigenvalue weighted by atomic mass is 9.80. The predicted molar refractivity (Wildman–Crippen MR) is 565 cm³/mol. The van der Waals surface area contributed by atoms with E-state index in [9.17, 15) is 0 Å². The molecular formula is C132H120. The molecule has 0 atom stereocenters. The van der Waals surface area contributed by atoms with E-state index in [2.05, 4.69) is 525 Å². The zero-order valence-corrected chi connectivity index (χ0v) is 80.1. The summed E-state index contributed by atoms with van der Waals surface area (Å²) in [6, 6.07) is 146. The molecule has 0 heterocycles. The van der Waals surface area contributed by atoms with Gasteiger partial charge in [0.05, 0.1) is 0 Å². The zero-order valence-electron chi connectivity index (χ0n) is 80.1. The van der Waals surface area contributed by atoms with Crippen LogP contribution in [0.4, 0.5) is 0 Å². The fourth-order valence-electron chi connectivity index (χ4n) is 22.5. The predicted octanol–water partition coefficient (Wildman–Crippen LogP) is 35.8. The maximum Gasteiger partial charge on any atom is 0.0161 e. The van der Waals surface area contributed by atoms with Crippen molar-refractivity contribution in [1.29, 1.82) is 0 Å². The van der Waals surface area contributed by atoms with Crippen LogP contribution >= 0.6 is 0 Å². The second kappa shape index (κ2) is 34.4. The molecule has 0 heteroatoms. The van der Waals surface area contributed by atoms with Crippen LogP contribution in [0.2, 0.25) is 0 Å². The standard InChI is InChI=1S/6C22H20/c1-15-7-6-8-16(13-15)17-11-12-19-18-9-4-5-10-20(18)22(2,3)21(19)14-17;1-15-8-4-5-9-17(15)16-12-13-19-18-10-6-7-11-20(18)22(2,3)21(19)14-16;1-15-8-7-11-19-21(15)18-13-12-17(14-20(18)22(19,2)3)16-9-5-4-6-10-16;1-15-8-7-11-19-18-13-12-17(16-9-5-4-6-10-16)14-20(18)22(2,3)21(15)19;1-15-8-10-16(11-9-15)17-12-13-19-18-6-4-5-7-20(18)22(2,3)21(19)14-17;1-15-9-12-20-19(13-15)18-11-10-17(14-21(18)22(20,2)3)16-7-5-4-6-8-16/h6*4-14H,1-3H3. The van der Waals surface area contributed by atoms with Gasteiger partial charge in [-0.25, -0.2) is 0 Å². The second-order valence-electron chi connectivity index (χ2n) is 40.6. The highest BCUT2D eigenvalue weighted by atomic mass is 14.5. The lowest BCUT2D eigenvalue weighted by Gasteiger charge is -2.23. The molecule has 648 valence electrons. The van der Waals surface area contributed by atoms with Crippen LogP contribution in [0.15, 0.2) is 400 Å². The molecule has 6 aliphatic carbocycles. The summed E-state index contributed by atoms with van der Waals surface area (Å²) in [6.45, 7) is 41.1. The van der Waals surface area contributed by atoms with Gasteiger partial charge in [-0.15, -0.1) is 0 Å². The first-order valence-corrected chi connectivity index (χ1v) is 47.3. The maximum atomic E-state index is 2.39. The molecule has 24 rings (SSSR count). The molecule has 0 aromatic heterocycles. The Balaban J connectivity index is 0.000000102. The highest BCUT2D eigenvalue weighted by Gasteiger charge is 2.42. The van der Waals surface area contributed by atoms with E-state index in [1.807, 2.05) is 0 Å². The Morgan fingerprint density at radius 2 is 0.394 bits per heavy atom. The van der Waals surface area contributed by atoms with Crippen LogP contribution in [0.1, 0.15) is 183 Å². The lowest BCUT2D eigenvalue weighted by molar-refractivity contribution is 0.656. The SMILES string of the molecule is Cc1ccc(-c2ccc3c(c2)C(C)(C)c2ccccc2-3)cc1.Cc1ccc2c(c1)-c1ccc(-c3ccccc3)cc1C2(C)C.Cc1cccc(-c2ccc3c(c2)C(C)(C)c2ccccc2-3)c1.Cc1cccc2c1-c1ccc(-c3ccccc3)cc1C2(C)C.Cc1cccc2c1C(C)(C)c1cc(-c3ccccc3)ccc1-2.Cc1ccccc1-c1ccc2c(c1)C(C)(C)c1ccccc1-2. The third-order valence-electron chi connectivity index (χ3n) is 29.9. The van der Waals surface area contributed by atoms with E-state index in [4.69, 9.17) is 0 Å². The number of aryl methyl sites for hydroxylation is 6. The summed E-state index contributed by atoms with van der Waals surface area (Å²) in [5.41, 5.74) is 58.2. The first-order chi connectivity index (χ1) is 63.5. The third-order valence-corrected chi connectivity index (χ3v) is 29.9. The molecular weight excluding hydrogens is 1590 g/mol. The maximum absolute atomic E-state index is 2.39. The van der Waals surface area contributed by atoms with Crippen molar-refractivity contribution < 1.29 is 0 Å². The van der Waals surface area contributed by atoms with Gasteiger partial charge in [0, 0.05) is 32.5 Å². The Labute approximate surface area is 785 Å². The number of fused-ring (bicyclic) bond motifs is 18. The molecule has 0 aliphatic heterocycles. The minimum atomic E-state index is 0.0702. The minimum absolute atomic E-state index is 0.0702. The highest BCUT2D eigenvalue weighted by molar-refractivity contribution is 5.91. The zero-order chi connectivity index (χ0) is 91.9. The van der Waals surface area contributed by atoms with Crippen molar-refractivity contribution in [1.82, 2.24) is 0 Å². The van der Waals surface area contributed by atoms with Gasteiger partial charge in [-0.3, -0.25) is 0 Å². The van der Waals surface area contributed by atoms with Crippen LogP contribution in [0.3, 0.4) is 0 Å². The second-order valence-corrected chi connectivity index (χ2v) is 40.6. The van der Waals surface area contributed by atoms with Crippen molar-refractivity contribution in [3.8, 4) is 134 Å². The van der Waals surface area contributed by atoms with Gasteiger partial charge in [0.15, 0.2) is 0 Å². The van der Waals surface area contributed by atoms with E-state index in [1.165, 1.54) is 234 Å². The topological polar surface area (TPSA) is 0 Å². The molecule has 0 bridgehead atoms. The third kappa shape index (κ3) is 15.6. The van der Waals surface area contributed by atoms with Crippen molar-refractivity contribution in [2.45, 2.75) is 157 Å². The van der Waals surface area contributed by atoms with Gasteiger partial charge in [-0.2, -0.15) is 0 Å². The van der Waals surface area contributed by atoms with Crippen molar-refractivity contribution in [2.24, 2.45) is 0 Å². The minimum Gasteiger partial charge on any atom is -0.0622 e. The van der Waals surface area contributed by atoms with E-state index in [0.717, 1.165) is 0 Å². The molecule has 0 fully saturated rings. The largest absolute Gasteiger partial charge is 0.0622 e. The molecule has 0 amide bonds. The van der Waals surface area contributed by atoms with Crippen molar-refractivity contribution >= 4 is 0 Å². The number of benzene rings is 18. The molecule has 0 saturated carbocycles. The summed E-state index contributed by atoms with van der Waals surface area (Å²) in [5, 5.41) is 0. The Morgan fingerprint density at radius 1 is 0.129 bits per heavy atom. The summed E-state index contributed by atoms with van der Waals surface area (Å²) >= 11 is 0. The fourth-order valence-corrected chi connectivity index (χ4v) is 22.5. The molecule has 0 saturated heterocycles. The van der Waals surface area contributed by atoms with Crippen LogP contribution in [0.25, 0.3) is 134 Å². The average Bonchev–Trinajstić information content (AvgIpc) is 1.60. The Hall–Kier alpha value is -14.0. The fraction of sp³-hybridized carbons (Fsp3) is 0.182. The summed E-state index contributed by atoms with van der Waals surface area (Å²) in [5.74, 6) is 0. The summed E-state index contributed by atoms with van der Waals surface area (Å²) in [4.78, 5) is 0. The Morgan fingerprint density at radius 3 is 0.848 bits per heavy atom. The quantitative estimate of drug-likeness (QED) is 0.156. The molecule has 18 aromatic rings. The molecule has 6 aliphatic rings. The van der Waals surface area contributed by atoms with Crippen molar-refractivity contribution in [3.05, 3.63) is 501 Å². The van der Waals surface area contributed by atoms with E-state index in [0.29, 0.717) is 0 Å². The molecule has 0 nitrogen and oxygen atoms in total. The smallest absolute Gasteiger partial charge is 0.0161 e. The summed E-state index contributed by atoms with van der Waals surface area (Å²) in [6.07, 6.45) is 0. The van der Waals surface area contributed by atoms with Gasteiger partial charge in [-0.1, -0.05) is 464 Å². The number of rotatable bonds is 6. The van der Waals surface area contributed by atoms with Crippen LogP contribution in [-0.2, 0) is 32.5 Å². The molecule has 0 radical (unpaired) electrons. The molecule has 0 unspecified atom stereocenters. The highest BCUT2D eigenvalue weighted by Crippen LogP contribution is 2.57. The molecule has 0 spiro atoms. The van der Waals surface area contributed by atoms with E-state index < -0.39 is 0 Å². The van der Waals surface area contributed by atoms with Gasteiger partial charge in [0.1, 0.15) is 0 Å². The van der Waals surface area contributed by atoms with Crippen LogP contribution in [0, 0.1) is 41.5 Å². The number of hydrogen-bond donors (Lipinski definition) is 0. The number of hydrogen-bond acceptors (Lipinski definition) is 0. The van der Waals surface area contributed by atoms with Gasteiger partial charge < -0.3 is 0 Å². The van der Waals surface area contributed by atoms with Crippen LogP contribution < -0.4 is 0 Å². The molecule has 132 heavy (non-hydrogen) atoms. The van der Waals surface area contributed by atoms with Crippen LogP contribution in [0.5, 0.6) is 0 Å². The summed E-state index contributed by atoms with van der Waals surface area (Å²) in [7, 11) is 0. The normalized spacial score (nSPS) is 14.5. The first-order valence-electron chi connectivity index (χ1n) is 47.3. The molecule has 0 N–H and O–H groups in total. The Kier molecular flexibility index (Phi) is 22.7. The summed E-state index contributed by atoms with van der Waals surface area (Å²) < 4.78 is 0. The van der Waals surface area contributed by atoms with E-state index in [1.54, 1.807) is 0 Å². The van der Waals surface area contributed by atoms with E-state index >= 15 is 0 Å². The Bertz CT molecular complexity index is 7450. The molecule has 18 aromatic carbocycles. The van der Waals surface area contributed by atoms with Crippen molar-refractivity contribution in [3.63, 3.8) is 0 Å². The monoisotopic (exact) mass is 1700 g/mol. The van der Waals surface area contributed by atoms with E-state index in [-0.39, 0.29) is 32.5 Å². The lowest BCUT2D eigenvalue weighted by Crippen LogP contribution is -2.16. The first kappa shape index (κ1) is 87.3. The van der Waals surface area contributed by atoms with Crippen LogP contribution in [-0.4, -0.2) is 0 Å². The van der Waals surface area contributed by atoms with Crippen molar-refractivity contribution in [2.75, 3.05) is 0 Å². The van der Waals surface area contributed by atoms with Gasteiger partial charge >= 0.3 is 0 Å². The average molecular weight is 1710 g/mol.